The highest BCUT2D eigenvalue weighted by Gasteiger charge is 2.32. The van der Waals surface area contributed by atoms with Crippen LogP contribution in [0.2, 0.25) is 0 Å². The van der Waals surface area contributed by atoms with Crippen LogP contribution in [0.3, 0.4) is 0 Å². The highest BCUT2D eigenvalue weighted by atomic mass is 15.1. The van der Waals surface area contributed by atoms with E-state index in [1.54, 1.807) is 11.1 Å². The molecule has 0 aliphatic heterocycles. The van der Waals surface area contributed by atoms with Crippen molar-refractivity contribution in [3.8, 4) is 0 Å². The highest BCUT2D eigenvalue weighted by molar-refractivity contribution is 6.09. The van der Waals surface area contributed by atoms with E-state index in [-0.39, 0.29) is 0 Å². The van der Waals surface area contributed by atoms with Gasteiger partial charge in [0.25, 0.3) is 5.65 Å². The third kappa shape index (κ3) is 2.74. The second kappa shape index (κ2) is 7.28. The van der Waals surface area contributed by atoms with Crippen LogP contribution in [-0.2, 0) is 7.05 Å². The summed E-state index contributed by atoms with van der Waals surface area (Å²) in [6, 6.07) is 16.2. The van der Waals surface area contributed by atoms with Crippen LogP contribution in [0.4, 0.5) is 0 Å². The molecule has 33 heavy (non-hydrogen) atoms. The van der Waals surface area contributed by atoms with Gasteiger partial charge in [0.15, 0.2) is 11.0 Å². The van der Waals surface area contributed by atoms with E-state index < -0.39 is 0 Å². The monoisotopic (exact) mass is 434 g/mol. The molecule has 2 fully saturated rings. The minimum Gasteiger partial charge on any atom is -0.255 e. The number of benzene rings is 2. The smallest absolute Gasteiger partial charge is 0.255 e. The number of rotatable bonds is 2. The van der Waals surface area contributed by atoms with Crippen molar-refractivity contribution in [1.82, 2.24) is 9.55 Å². The van der Waals surface area contributed by atoms with Gasteiger partial charge in [0.2, 0.25) is 0 Å². The van der Waals surface area contributed by atoms with Gasteiger partial charge >= 0.3 is 0 Å². The second-order valence-corrected chi connectivity index (χ2v) is 10.5. The lowest BCUT2D eigenvalue weighted by atomic mass is 9.89. The molecular formula is C30H32N3+. The van der Waals surface area contributed by atoms with Gasteiger partial charge < -0.3 is 0 Å². The molecule has 0 unspecified atom stereocenters. The molecule has 0 bridgehead atoms. The number of aromatic nitrogens is 3. The maximum Gasteiger partial charge on any atom is 0.297 e. The molecule has 7 rings (SSSR count). The molecule has 3 nitrogen and oxygen atoms in total. The predicted molar refractivity (Wildman–Crippen MR) is 136 cm³/mol. The van der Waals surface area contributed by atoms with Gasteiger partial charge in [-0.25, -0.2) is 4.57 Å². The summed E-state index contributed by atoms with van der Waals surface area (Å²) in [6.45, 7) is 2.23. The second-order valence-electron chi connectivity index (χ2n) is 10.5. The van der Waals surface area contributed by atoms with Gasteiger partial charge in [0.1, 0.15) is 5.52 Å². The first kappa shape index (κ1) is 19.5. The normalized spacial score (nSPS) is 18.0. The molecule has 5 aromatic rings. The van der Waals surface area contributed by atoms with Crippen LogP contribution in [-0.4, -0.2) is 9.55 Å². The molecule has 0 saturated heterocycles. The van der Waals surface area contributed by atoms with Crippen LogP contribution < -0.4 is 4.40 Å². The van der Waals surface area contributed by atoms with Crippen LogP contribution in [0.25, 0.3) is 38.5 Å². The van der Waals surface area contributed by atoms with Crippen molar-refractivity contribution >= 4 is 38.5 Å². The van der Waals surface area contributed by atoms with E-state index in [0.717, 1.165) is 11.4 Å². The number of aryl methyl sites for hydroxylation is 2. The molecule has 0 N–H and O–H groups in total. The van der Waals surface area contributed by atoms with E-state index >= 15 is 0 Å². The van der Waals surface area contributed by atoms with Crippen molar-refractivity contribution in [3.05, 3.63) is 65.4 Å². The minimum atomic E-state index is 0.677. The maximum absolute atomic E-state index is 4.89. The summed E-state index contributed by atoms with van der Waals surface area (Å²) in [5.41, 5.74) is 11.0. The Morgan fingerprint density at radius 2 is 1.64 bits per heavy atom. The van der Waals surface area contributed by atoms with Gasteiger partial charge in [-0.1, -0.05) is 43.9 Å². The van der Waals surface area contributed by atoms with Crippen molar-refractivity contribution < 1.29 is 4.40 Å². The van der Waals surface area contributed by atoms with Crippen molar-refractivity contribution in [2.45, 2.75) is 70.1 Å². The van der Waals surface area contributed by atoms with E-state index in [4.69, 9.17) is 4.98 Å². The summed E-state index contributed by atoms with van der Waals surface area (Å²) < 4.78 is 5.05. The van der Waals surface area contributed by atoms with Gasteiger partial charge in [-0.3, -0.25) is 4.98 Å². The Labute approximate surface area is 195 Å². The Kier molecular flexibility index (Phi) is 4.31. The molecule has 3 aromatic heterocycles. The lowest BCUT2D eigenvalue weighted by Crippen LogP contribution is -2.24. The molecule has 2 saturated carbocycles. The number of hydrogen-bond donors (Lipinski definition) is 0. The molecule has 0 amide bonds. The first-order chi connectivity index (χ1) is 16.2. The van der Waals surface area contributed by atoms with E-state index in [2.05, 4.69) is 65.4 Å². The first-order valence-electron chi connectivity index (χ1n) is 12.9. The minimum absolute atomic E-state index is 0.677. The van der Waals surface area contributed by atoms with Crippen molar-refractivity contribution in [3.63, 3.8) is 0 Å². The maximum atomic E-state index is 4.89. The summed E-state index contributed by atoms with van der Waals surface area (Å²) in [6.07, 6.45) is 12.8. The van der Waals surface area contributed by atoms with Crippen molar-refractivity contribution in [2.75, 3.05) is 0 Å². The Hall–Kier alpha value is -2.94. The third-order valence-electron chi connectivity index (χ3n) is 8.66. The van der Waals surface area contributed by atoms with Crippen molar-refractivity contribution in [1.29, 1.82) is 0 Å². The summed E-state index contributed by atoms with van der Waals surface area (Å²) in [4.78, 5) is 4.89. The molecule has 0 radical (unpaired) electrons. The lowest BCUT2D eigenvalue weighted by molar-refractivity contribution is -0.449. The Morgan fingerprint density at radius 3 is 2.42 bits per heavy atom. The summed E-state index contributed by atoms with van der Waals surface area (Å²) >= 11 is 0. The first-order valence-corrected chi connectivity index (χ1v) is 12.9. The zero-order valence-corrected chi connectivity index (χ0v) is 19.8. The molecule has 0 atom stereocenters. The topological polar surface area (TPSA) is 21.9 Å². The molecule has 3 heterocycles. The number of imidazole rings is 1. The van der Waals surface area contributed by atoms with Gasteiger partial charge in [0, 0.05) is 17.1 Å². The standard InChI is InChI=1S/C30H32N3/c1-19-15-16-31-28-23-13-7-8-14-25(23)33-29-24(21-11-5-6-12-21)17-22(20-9-3-4-10-20)18-26(29)32(2)30(33)27(19)28/h7-8,13-18,20-21H,3-6,9-12H2,1-2H3/q+1. The van der Waals surface area contributed by atoms with Crippen LogP contribution in [0.5, 0.6) is 0 Å². The quantitative estimate of drug-likeness (QED) is 0.212. The SMILES string of the molecule is Cc1ccnc2c3ccccc3[n+]3c4c(C5CCCC5)cc(C5CCCC5)cc4n(C)c3c12. The Morgan fingerprint density at radius 1 is 0.909 bits per heavy atom. The predicted octanol–water partition coefficient (Wildman–Crippen LogP) is 7.24. The van der Waals surface area contributed by atoms with E-state index in [1.165, 1.54) is 89.9 Å². The Bertz CT molecular complexity index is 1550. The zero-order valence-electron chi connectivity index (χ0n) is 19.8. The van der Waals surface area contributed by atoms with Crippen LogP contribution in [0, 0.1) is 6.92 Å². The third-order valence-corrected chi connectivity index (χ3v) is 8.66. The van der Waals surface area contributed by atoms with Gasteiger partial charge in [-0.15, -0.1) is 0 Å². The van der Waals surface area contributed by atoms with Gasteiger partial charge in [-0.2, -0.15) is 4.40 Å². The molecule has 166 valence electrons. The number of fused-ring (bicyclic) bond motifs is 8. The average Bonchev–Trinajstić information content (AvgIpc) is 3.61. The van der Waals surface area contributed by atoms with E-state index in [0.29, 0.717) is 5.92 Å². The lowest BCUT2D eigenvalue weighted by Gasteiger charge is -2.15. The molecule has 2 aliphatic rings. The van der Waals surface area contributed by atoms with Gasteiger partial charge in [0.05, 0.1) is 18.0 Å². The average molecular weight is 435 g/mol. The fourth-order valence-electron chi connectivity index (χ4n) is 7.00. The summed E-state index contributed by atoms with van der Waals surface area (Å²) in [7, 11) is 2.27. The largest absolute Gasteiger partial charge is 0.297 e. The fraction of sp³-hybridized carbons (Fsp3) is 0.400. The van der Waals surface area contributed by atoms with E-state index in [1.807, 2.05) is 6.20 Å². The fourth-order valence-corrected chi connectivity index (χ4v) is 7.00. The van der Waals surface area contributed by atoms with Crippen LogP contribution in [0.15, 0.2) is 48.7 Å². The van der Waals surface area contributed by atoms with Crippen LogP contribution in [0.1, 0.15) is 79.9 Å². The molecule has 0 spiro atoms. The highest BCUT2D eigenvalue weighted by Crippen LogP contribution is 2.42. The molecule has 2 aliphatic carbocycles. The summed E-state index contributed by atoms with van der Waals surface area (Å²) in [5.74, 6) is 1.41. The Balaban J connectivity index is 1.72. The van der Waals surface area contributed by atoms with Crippen molar-refractivity contribution in [2.24, 2.45) is 7.05 Å². The summed E-state index contributed by atoms with van der Waals surface area (Å²) in [5, 5.41) is 2.54. The van der Waals surface area contributed by atoms with E-state index in [9.17, 15) is 0 Å². The number of pyridine rings is 2. The van der Waals surface area contributed by atoms with Gasteiger partial charge in [-0.05, 0) is 79.8 Å². The molecule has 2 aromatic carbocycles. The molecular weight excluding hydrogens is 402 g/mol. The number of para-hydroxylation sites is 1. The molecule has 3 heteroatoms. The zero-order chi connectivity index (χ0) is 22.1. The van der Waals surface area contributed by atoms with Crippen LogP contribution >= 0.6 is 0 Å². The number of nitrogens with zero attached hydrogens (tertiary/aromatic N) is 3. The number of hydrogen-bond acceptors (Lipinski definition) is 1.